The van der Waals surface area contributed by atoms with Crippen molar-refractivity contribution in [2.24, 2.45) is 0 Å². The quantitative estimate of drug-likeness (QED) is 0.480. The average Bonchev–Trinajstić information content (AvgIpc) is 3.45. The van der Waals surface area contributed by atoms with Gasteiger partial charge in [-0.2, -0.15) is 0 Å². The van der Waals surface area contributed by atoms with E-state index in [4.69, 9.17) is 23.7 Å². The maximum Gasteiger partial charge on any atom is 0.231 e. The standard InChI is InChI=1S/C28H25NO6/c1-3-31-21-7-4-18(5-8-21)10-25-26(30)22-12-20-14-29(15-32-27(20)17(2)28(22)35-25)13-19-6-9-23-24(11-19)34-16-33-23/h4-12H,3,13-16H2,1-2H3/b25-10-. The molecule has 0 atom stereocenters. The lowest BCUT2D eigenvalue weighted by Gasteiger charge is -2.30. The van der Waals surface area contributed by atoms with Gasteiger partial charge in [-0.05, 0) is 61.4 Å². The Bertz CT molecular complexity index is 1340. The Kier molecular flexibility index (Phi) is 5.34. The molecule has 6 rings (SSSR count). The molecule has 0 saturated carbocycles. The van der Waals surface area contributed by atoms with Crippen molar-refractivity contribution in [3.8, 4) is 28.7 Å². The lowest BCUT2D eigenvalue weighted by molar-refractivity contribution is 0.0876. The molecule has 3 aromatic rings. The van der Waals surface area contributed by atoms with Crippen LogP contribution in [0.3, 0.4) is 0 Å². The van der Waals surface area contributed by atoms with Crippen LogP contribution < -0.4 is 23.7 Å². The molecular formula is C28H25NO6. The number of benzene rings is 3. The Hall–Kier alpha value is -3.97. The third kappa shape index (κ3) is 3.98. The smallest absolute Gasteiger partial charge is 0.231 e. The molecule has 0 fully saturated rings. The van der Waals surface area contributed by atoms with Crippen molar-refractivity contribution in [1.29, 1.82) is 0 Å². The van der Waals surface area contributed by atoms with Gasteiger partial charge in [0.25, 0.3) is 0 Å². The first kappa shape index (κ1) is 21.6. The highest BCUT2D eigenvalue weighted by atomic mass is 16.7. The van der Waals surface area contributed by atoms with Crippen LogP contribution >= 0.6 is 0 Å². The summed E-state index contributed by atoms with van der Waals surface area (Å²) in [5.74, 6) is 3.90. The van der Waals surface area contributed by atoms with E-state index in [1.54, 1.807) is 6.08 Å². The van der Waals surface area contributed by atoms with E-state index in [1.165, 1.54) is 0 Å². The topological polar surface area (TPSA) is 66.5 Å². The number of Topliss-reactive ketones (excluding diaryl/α,β-unsaturated/α-hetero) is 1. The minimum atomic E-state index is -0.118. The molecule has 7 heteroatoms. The lowest BCUT2D eigenvalue weighted by Crippen LogP contribution is -2.32. The number of carbonyl (C=O) groups is 1. The maximum absolute atomic E-state index is 13.2. The summed E-state index contributed by atoms with van der Waals surface area (Å²) in [6, 6.07) is 15.5. The second kappa shape index (κ2) is 8.67. The highest BCUT2D eigenvalue weighted by Gasteiger charge is 2.33. The largest absolute Gasteiger partial charge is 0.494 e. The van der Waals surface area contributed by atoms with Gasteiger partial charge in [0.1, 0.15) is 24.0 Å². The van der Waals surface area contributed by atoms with E-state index in [0.29, 0.717) is 43.5 Å². The minimum absolute atomic E-state index is 0.118. The SMILES string of the molecule is CCOc1ccc(/C=C2\Oc3c(cc4c(c3C)OCN(Cc3ccc5c(c3)OCO5)C4)C2=O)cc1. The maximum atomic E-state index is 13.2. The number of rotatable bonds is 5. The fourth-order valence-electron chi connectivity index (χ4n) is 4.67. The highest BCUT2D eigenvalue weighted by molar-refractivity contribution is 6.15. The van der Waals surface area contributed by atoms with E-state index in [-0.39, 0.29) is 12.6 Å². The van der Waals surface area contributed by atoms with Crippen LogP contribution in [0, 0.1) is 6.92 Å². The molecule has 7 nitrogen and oxygen atoms in total. The Morgan fingerprint density at radius 1 is 1.00 bits per heavy atom. The number of nitrogens with zero attached hydrogens (tertiary/aromatic N) is 1. The molecule has 0 aromatic heterocycles. The Labute approximate surface area is 203 Å². The van der Waals surface area contributed by atoms with Gasteiger partial charge in [0.05, 0.1) is 12.2 Å². The van der Waals surface area contributed by atoms with Crippen molar-refractivity contribution >= 4 is 11.9 Å². The third-order valence-corrected chi connectivity index (χ3v) is 6.33. The second-order valence-corrected chi connectivity index (χ2v) is 8.76. The predicted molar refractivity (Wildman–Crippen MR) is 129 cm³/mol. The van der Waals surface area contributed by atoms with E-state index in [1.807, 2.05) is 62.4 Å². The average molecular weight is 472 g/mol. The summed E-state index contributed by atoms with van der Waals surface area (Å²) in [6.07, 6.45) is 1.77. The molecule has 0 N–H and O–H groups in total. The molecule has 178 valence electrons. The van der Waals surface area contributed by atoms with Crippen LogP contribution in [0.15, 0.2) is 54.3 Å². The number of carbonyl (C=O) groups excluding carboxylic acids is 1. The zero-order chi connectivity index (χ0) is 23.9. The Balaban J connectivity index is 1.22. The van der Waals surface area contributed by atoms with Gasteiger partial charge in [-0.3, -0.25) is 9.69 Å². The van der Waals surface area contributed by atoms with Crippen LogP contribution in [0.1, 0.15) is 39.5 Å². The highest BCUT2D eigenvalue weighted by Crippen LogP contribution is 2.43. The fourth-order valence-corrected chi connectivity index (χ4v) is 4.67. The van der Waals surface area contributed by atoms with Gasteiger partial charge in [0.2, 0.25) is 12.6 Å². The van der Waals surface area contributed by atoms with Gasteiger partial charge in [0.15, 0.2) is 17.3 Å². The van der Waals surface area contributed by atoms with Gasteiger partial charge in [-0.25, -0.2) is 0 Å². The third-order valence-electron chi connectivity index (χ3n) is 6.33. The van der Waals surface area contributed by atoms with Crippen LogP contribution in [-0.2, 0) is 13.1 Å². The summed E-state index contributed by atoms with van der Waals surface area (Å²) in [7, 11) is 0. The molecule has 0 saturated heterocycles. The van der Waals surface area contributed by atoms with Gasteiger partial charge in [-0.1, -0.05) is 18.2 Å². The first-order valence-electron chi connectivity index (χ1n) is 11.7. The monoisotopic (exact) mass is 471 g/mol. The Morgan fingerprint density at radius 3 is 2.66 bits per heavy atom. The second-order valence-electron chi connectivity index (χ2n) is 8.76. The Morgan fingerprint density at radius 2 is 1.83 bits per heavy atom. The molecule has 3 heterocycles. The first-order chi connectivity index (χ1) is 17.1. The van der Waals surface area contributed by atoms with E-state index >= 15 is 0 Å². The van der Waals surface area contributed by atoms with E-state index in [0.717, 1.165) is 45.3 Å². The molecular weight excluding hydrogens is 446 g/mol. The predicted octanol–water partition coefficient (Wildman–Crippen LogP) is 5.09. The summed E-state index contributed by atoms with van der Waals surface area (Å²) >= 11 is 0. The zero-order valence-electron chi connectivity index (χ0n) is 19.6. The van der Waals surface area contributed by atoms with Gasteiger partial charge >= 0.3 is 0 Å². The van der Waals surface area contributed by atoms with Crippen LogP contribution in [0.5, 0.6) is 28.7 Å². The van der Waals surface area contributed by atoms with Crippen molar-refractivity contribution in [2.75, 3.05) is 20.1 Å². The minimum Gasteiger partial charge on any atom is -0.494 e. The first-order valence-corrected chi connectivity index (χ1v) is 11.7. The molecule has 0 radical (unpaired) electrons. The molecule has 35 heavy (non-hydrogen) atoms. The van der Waals surface area contributed by atoms with Crippen molar-refractivity contribution in [3.05, 3.63) is 82.1 Å². The van der Waals surface area contributed by atoms with Crippen molar-refractivity contribution in [1.82, 2.24) is 4.90 Å². The molecule has 0 bridgehead atoms. The summed E-state index contributed by atoms with van der Waals surface area (Å²) in [6.45, 7) is 6.57. The molecule has 3 aliphatic heterocycles. The number of hydrogen-bond acceptors (Lipinski definition) is 7. The molecule has 0 spiro atoms. The van der Waals surface area contributed by atoms with Gasteiger partial charge in [0, 0.05) is 24.2 Å². The number of ether oxygens (including phenoxy) is 5. The molecule has 0 aliphatic carbocycles. The van der Waals surface area contributed by atoms with Crippen molar-refractivity contribution in [2.45, 2.75) is 26.9 Å². The number of allylic oxidation sites excluding steroid dienone is 1. The number of hydrogen-bond donors (Lipinski definition) is 0. The van der Waals surface area contributed by atoms with Crippen molar-refractivity contribution < 1.29 is 28.5 Å². The zero-order valence-corrected chi connectivity index (χ0v) is 19.6. The van der Waals surface area contributed by atoms with Crippen LogP contribution in [-0.4, -0.2) is 30.8 Å². The summed E-state index contributed by atoms with van der Waals surface area (Å²) in [4.78, 5) is 15.4. The fraction of sp³-hybridized carbons (Fsp3) is 0.250. The number of ketones is 1. The number of fused-ring (bicyclic) bond motifs is 3. The lowest BCUT2D eigenvalue weighted by atomic mass is 10.00. The molecule has 0 unspecified atom stereocenters. The summed E-state index contributed by atoms with van der Waals surface area (Å²) < 4.78 is 28.5. The van der Waals surface area contributed by atoms with E-state index in [9.17, 15) is 4.79 Å². The van der Waals surface area contributed by atoms with Crippen molar-refractivity contribution in [3.63, 3.8) is 0 Å². The summed E-state index contributed by atoms with van der Waals surface area (Å²) in [5.41, 5.74) is 4.39. The van der Waals surface area contributed by atoms with Crippen LogP contribution in [0.25, 0.3) is 6.08 Å². The normalized spacial score (nSPS) is 17.1. The van der Waals surface area contributed by atoms with E-state index < -0.39 is 0 Å². The van der Waals surface area contributed by atoms with Crippen LogP contribution in [0.4, 0.5) is 0 Å². The van der Waals surface area contributed by atoms with Crippen LogP contribution in [0.2, 0.25) is 0 Å². The van der Waals surface area contributed by atoms with Gasteiger partial charge in [-0.15, -0.1) is 0 Å². The molecule has 3 aliphatic rings. The molecule has 0 amide bonds. The van der Waals surface area contributed by atoms with E-state index in [2.05, 4.69) is 4.90 Å². The van der Waals surface area contributed by atoms with Gasteiger partial charge < -0.3 is 23.7 Å². The molecule has 3 aromatic carbocycles. The summed E-state index contributed by atoms with van der Waals surface area (Å²) in [5, 5.41) is 0.